The quantitative estimate of drug-likeness (QED) is 0.405. The predicted octanol–water partition coefficient (Wildman–Crippen LogP) is 2.08. The van der Waals surface area contributed by atoms with Crippen molar-refractivity contribution in [3.05, 3.63) is 11.1 Å². The van der Waals surface area contributed by atoms with Crippen LogP contribution < -0.4 is 0 Å². The number of allylic oxidation sites excluding steroid dienone is 1. The summed E-state index contributed by atoms with van der Waals surface area (Å²) in [5.74, 6) is -0.357. The maximum atomic E-state index is 11.9. The summed E-state index contributed by atoms with van der Waals surface area (Å²) in [5.41, 5.74) is 1.02. The van der Waals surface area contributed by atoms with E-state index in [1.807, 2.05) is 20.8 Å². The Bertz CT molecular complexity index is 297. The second kappa shape index (κ2) is 7.68. The van der Waals surface area contributed by atoms with Gasteiger partial charge in [-0.05, 0) is 27.2 Å². The fourth-order valence-corrected chi connectivity index (χ4v) is 3.51. The average Bonchev–Trinajstić information content (AvgIpc) is 2.38. The van der Waals surface area contributed by atoms with Gasteiger partial charge in [-0.15, -0.1) is 0 Å². The van der Waals surface area contributed by atoms with Gasteiger partial charge in [-0.3, -0.25) is 0 Å². The third kappa shape index (κ3) is 3.91. The fraction of sp³-hybridized carbons (Fsp3) is 0.750. The third-order valence-corrected chi connectivity index (χ3v) is 5.95. The largest absolute Gasteiger partial charge is 0.543 e. The summed E-state index contributed by atoms with van der Waals surface area (Å²) in [6, 6.07) is 0. The summed E-state index contributed by atoms with van der Waals surface area (Å²) >= 11 is 0. The van der Waals surface area contributed by atoms with Crippen LogP contribution in [0, 0.1) is 0 Å². The highest BCUT2D eigenvalue weighted by molar-refractivity contribution is 6.62. The molecule has 0 saturated carbocycles. The highest BCUT2D eigenvalue weighted by atomic mass is 28.4. The van der Waals surface area contributed by atoms with Gasteiger partial charge in [0, 0.05) is 26.9 Å². The van der Waals surface area contributed by atoms with Gasteiger partial charge in [0.05, 0.1) is 0 Å². The molecule has 0 heterocycles. The summed E-state index contributed by atoms with van der Waals surface area (Å²) in [5, 5.41) is 0. The van der Waals surface area contributed by atoms with Crippen LogP contribution in [0.25, 0.3) is 0 Å². The molecule has 0 aromatic carbocycles. The van der Waals surface area contributed by atoms with Crippen molar-refractivity contribution in [2.45, 2.75) is 39.8 Å². The molecule has 6 heteroatoms. The topological polar surface area (TPSA) is 54.0 Å². The lowest BCUT2D eigenvalue weighted by Gasteiger charge is -2.31. The Morgan fingerprint density at radius 1 is 1.06 bits per heavy atom. The highest BCUT2D eigenvalue weighted by Crippen LogP contribution is 2.20. The molecule has 106 valence electrons. The first-order chi connectivity index (χ1) is 8.38. The lowest BCUT2D eigenvalue weighted by molar-refractivity contribution is -0.144. The number of carbonyl (C=O) groups is 1. The monoisotopic (exact) mass is 276 g/mol. The van der Waals surface area contributed by atoms with Crippen LogP contribution in [-0.4, -0.2) is 41.8 Å². The Hall–Kier alpha value is -0.693. The molecule has 1 unspecified atom stereocenters. The van der Waals surface area contributed by atoms with Gasteiger partial charge in [-0.1, -0.05) is 12.5 Å². The fourth-order valence-electron chi connectivity index (χ4n) is 1.47. The van der Waals surface area contributed by atoms with E-state index >= 15 is 0 Å². The first kappa shape index (κ1) is 17.3. The van der Waals surface area contributed by atoms with Crippen LogP contribution in [0.3, 0.4) is 0 Å². The van der Waals surface area contributed by atoms with Crippen LogP contribution in [0.2, 0.25) is 0 Å². The Kier molecular flexibility index (Phi) is 7.38. The van der Waals surface area contributed by atoms with Crippen molar-refractivity contribution in [1.29, 1.82) is 0 Å². The van der Waals surface area contributed by atoms with E-state index in [9.17, 15) is 4.79 Å². The van der Waals surface area contributed by atoms with Gasteiger partial charge >= 0.3 is 14.8 Å². The minimum absolute atomic E-state index is 0.357. The van der Waals surface area contributed by atoms with Gasteiger partial charge in [0.1, 0.15) is 0 Å². The molecule has 0 aromatic rings. The minimum atomic E-state index is -2.96. The summed E-state index contributed by atoms with van der Waals surface area (Å²) in [6.45, 7) is 7.37. The molecular formula is C12H24O5Si. The van der Waals surface area contributed by atoms with Crippen LogP contribution in [0.15, 0.2) is 11.1 Å². The van der Waals surface area contributed by atoms with Gasteiger partial charge in [-0.25, -0.2) is 4.79 Å². The van der Waals surface area contributed by atoms with Gasteiger partial charge in [0.2, 0.25) is 0 Å². The smallest absolute Gasteiger partial charge is 0.454 e. The SMILES string of the molecule is CCC(OC(=O)C(C)=C(C)C)[Si](OC)(OC)OC. The molecule has 0 bridgehead atoms. The van der Waals surface area contributed by atoms with E-state index in [0.717, 1.165) is 5.57 Å². The number of hydrogen-bond acceptors (Lipinski definition) is 5. The molecule has 0 aliphatic heterocycles. The van der Waals surface area contributed by atoms with Crippen LogP contribution in [-0.2, 0) is 22.8 Å². The van der Waals surface area contributed by atoms with Gasteiger partial charge < -0.3 is 18.0 Å². The Balaban J connectivity index is 5.01. The van der Waals surface area contributed by atoms with Crippen molar-refractivity contribution in [3.8, 4) is 0 Å². The molecule has 0 aliphatic rings. The zero-order valence-corrected chi connectivity index (χ0v) is 13.3. The lowest BCUT2D eigenvalue weighted by atomic mass is 10.2. The zero-order chi connectivity index (χ0) is 14.3. The molecule has 0 spiro atoms. The first-order valence-electron chi connectivity index (χ1n) is 5.89. The number of esters is 1. The highest BCUT2D eigenvalue weighted by Gasteiger charge is 2.49. The molecule has 0 aliphatic carbocycles. The van der Waals surface area contributed by atoms with Crippen LogP contribution >= 0.6 is 0 Å². The van der Waals surface area contributed by atoms with Crippen molar-refractivity contribution < 1.29 is 22.8 Å². The first-order valence-corrected chi connectivity index (χ1v) is 7.69. The number of rotatable bonds is 7. The molecule has 0 rings (SSSR count). The van der Waals surface area contributed by atoms with Crippen molar-refractivity contribution >= 4 is 14.8 Å². The predicted molar refractivity (Wildman–Crippen MR) is 71.0 cm³/mol. The second-order valence-corrected chi connectivity index (χ2v) is 7.22. The summed E-state index contributed by atoms with van der Waals surface area (Å²) in [7, 11) is 1.55. The van der Waals surface area contributed by atoms with E-state index in [4.69, 9.17) is 18.0 Å². The van der Waals surface area contributed by atoms with E-state index in [2.05, 4.69) is 0 Å². The van der Waals surface area contributed by atoms with E-state index in [1.165, 1.54) is 21.3 Å². The summed E-state index contributed by atoms with van der Waals surface area (Å²) in [6.07, 6.45) is 0.573. The molecule has 0 radical (unpaired) electrons. The van der Waals surface area contributed by atoms with Crippen LogP contribution in [0.1, 0.15) is 34.1 Å². The van der Waals surface area contributed by atoms with E-state index < -0.39 is 14.5 Å². The normalized spacial score (nSPS) is 13.1. The number of ether oxygens (including phenoxy) is 1. The lowest BCUT2D eigenvalue weighted by Crippen LogP contribution is -2.56. The van der Waals surface area contributed by atoms with Gasteiger partial charge in [0.25, 0.3) is 0 Å². The van der Waals surface area contributed by atoms with E-state index in [0.29, 0.717) is 12.0 Å². The minimum Gasteiger partial charge on any atom is -0.454 e. The molecule has 1 atom stereocenters. The van der Waals surface area contributed by atoms with Crippen molar-refractivity contribution in [2.75, 3.05) is 21.3 Å². The maximum Gasteiger partial charge on any atom is 0.543 e. The molecule has 0 amide bonds. The van der Waals surface area contributed by atoms with Crippen molar-refractivity contribution in [3.63, 3.8) is 0 Å². The standard InChI is InChI=1S/C12H24O5Si/c1-8-11(18(14-5,15-6)16-7)17-12(13)10(4)9(2)3/h11H,8H2,1-7H3. The molecule has 5 nitrogen and oxygen atoms in total. The molecule has 0 N–H and O–H groups in total. The average molecular weight is 276 g/mol. The Labute approximate surface area is 110 Å². The zero-order valence-electron chi connectivity index (χ0n) is 12.3. The number of hydrogen-bond donors (Lipinski definition) is 0. The summed E-state index contributed by atoms with van der Waals surface area (Å²) in [4.78, 5) is 11.9. The Morgan fingerprint density at radius 3 is 1.78 bits per heavy atom. The molecular weight excluding hydrogens is 252 g/mol. The van der Waals surface area contributed by atoms with Crippen LogP contribution in [0.5, 0.6) is 0 Å². The molecule has 0 fully saturated rings. The Morgan fingerprint density at radius 2 is 1.50 bits per heavy atom. The number of carbonyl (C=O) groups excluding carboxylic acids is 1. The van der Waals surface area contributed by atoms with Crippen molar-refractivity contribution in [1.82, 2.24) is 0 Å². The van der Waals surface area contributed by atoms with Gasteiger partial charge in [-0.2, -0.15) is 0 Å². The van der Waals surface area contributed by atoms with E-state index in [1.54, 1.807) is 6.92 Å². The second-order valence-electron chi connectivity index (χ2n) is 4.14. The van der Waals surface area contributed by atoms with E-state index in [-0.39, 0.29) is 5.97 Å². The molecule has 18 heavy (non-hydrogen) atoms. The third-order valence-electron chi connectivity index (χ3n) is 2.92. The molecule has 0 aromatic heterocycles. The van der Waals surface area contributed by atoms with Gasteiger partial charge in [0.15, 0.2) is 5.73 Å². The molecule has 0 saturated heterocycles. The van der Waals surface area contributed by atoms with Crippen molar-refractivity contribution in [2.24, 2.45) is 0 Å². The van der Waals surface area contributed by atoms with Crippen LogP contribution in [0.4, 0.5) is 0 Å². The summed E-state index contributed by atoms with van der Waals surface area (Å²) < 4.78 is 21.4. The maximum absolute atomic E-state index is 11.9.